The lowest BCUT2D eigenvalue weighted by molar-refractivity contribution is -0.146. The summed E-state index contributed by atoms with van der Waals surface area (Å²) in [6.07, 6.45) is -0.351. The Kier molecular flexibility index (Phi) is 3.86. The van der Waals surface area contributed by atoms with Crippen molar-refractivity contribution in [3.05, 3.63) is 34.6 Å². The maximum absolute atomic E-state index is 12.4. The van der Waals surface area contributed by atoms with E-state index in [4.69, 9.17) is 4.74 Å². The van der Waals surface area contributed by atoms with E-state index >= 15 is 0 Å². The van der Waals surface area contributed by atoms with Crippen molar-refractivity contribution in [2.45, 2.75) is 25.2 Å². The molecule has 1 N–H and O–H groups in total. The Morgan fingerprint density at radius 3 is 3.00 bits per heavy atom. The highest BCUT2D eigenvalue weighted by Crippen LogP contribution is 2.19. The first-order valence-electron chi connectivity index (χ1n) is 6.92. The molecule has 0 unspecified atom stereocenters. The minimum atomic E-state index is -0.631. The Hall–Kier alpha value is -2.32. The minimum Gasteiger partial charge on any atom is -0.468 e. The van der Waals surface area contributed by atoms with E-state index in [2.05, 4.69) is 10.3 Å². The first-order valence-corrected chi connectivity index (χ1v) is 6.92. The molecule has 0 saturated carbocycles. The molecule has 22 heavy (non-hydrogen) atoms. The smallest absolute Gasteiger partial charge is 0.323 e. The maximum Gasteiger partial charge on any atom is 0.323 e. The van der Waals surface area contributed by atoms with Gasteiger partial charge >= 0.3 is 5.97 Å². The zero-order valence-electron chi connectivity index (χ0n) is 12.0. The van der Waals surface area contributed by atoms with Gasteiger partial charge in [0.1, 0.15) is 11.6 Å². The van der Waals surface area contributed by atoms with E-state index in [-0.39, 0.29) is 25.2 Å². The van der Waals surface area contributed by atoms with Gasteiger partial charge in [-0.25, -0.2) is 0 Å². The number of β-amino-alcohol motifs (C(OH)–C–C–N with tert-alkyl or cyclic N) is 1. The van der Waals surface area contributed by atoms with Gasteiger partial charge in [0.05, 0.1) is 25.3 Å². The highest BCUT2D eigenvalue weighted by Gasteiger charge is 2.37. The van der Waals surface area contributed by atoms with Gasteiger partial charge in [0.25, 0.3) is 5.56 Å². The number of carbonyl (C=O) groups is 1. The summed E-state index contributed by atoms with van der Waals surface area (Å²) < 4.78 is 5.93. The van der Waals surface area contributed by atoms with Crippen molar-refractivity contribution in [3.8, 4) is 0 Å². The van der Waals surface area contributed by atoms with Crippen LogP contribution in [-0.4, -0.2) is 56.8 Å². The molecule has 3 rings (SSSR count). The molecule has 1 aliphatic heterocycles. The van der Waals surface area contributed by atoms with Gasteiger partial charge in [-0.1, -0.05) is 17.3 Å². The van der Waals surface area contributed by atoms with Gasteiger partial charge in [0.2, 0.25) is 0 Å². The molecule has 1 aromatic carbocycles. The molecule has 0 bridgehead atoms. The van der Waals surface area contributed by atoms with Crippen LogP contribution >= 0.6 is 0 Å². The maximum atomic E-state index is 12.4. The molecule has 0 aliphatic carbocycles. The van der Waals surface area contributed by atoms with Gasteiger partial charge in [0, 0.05) is 13.0 Å². The van der Waals surface area contributed by atoms with E-state index in [0.717, 1.165) is 0 Å². The summed E-state index contributed by atoms with van der Waals surface area (Å²) in [5, 5.41) is 18.1. The third-order valence-electron chi connectivity index (χ3n) is 3.80. The Morgan fingerprint density at radius 2 is 2.23 bits per heavy atom. The lowest BCUT2D eigenvalue weighted by atomic mass is 10.2. The predicted octanol–water partition coefficient (Wildman–Crippen LogP) is -0.643. The molecule has 1 aromatic heterocycles. The number of aromatic nitrogens is 3. The highest BCUT2D eigenvalue weighted by atomic mass is 16.5. The summed E-state index contributed by atoms with van der Waals surface area (Å²) in [6, 6.07) is 6.35. The molecule has 0 radical (unpaired) electrons. The number of nitrogens with zero attached hydrogens (tertiary/aromatic N) is 4. The van der Waals surface area contributed by atoms with E-state index in [0.29, 0.717) is 10.9 Å². The fourth-order valence-corrected chi connectivity index (χ4v) is 2.70. The second kappa shape index (κ2) is 5.82. The number of hydrogen-bond donors (Lipinski definition) is 1. The standard InChI is InChI=1S/C14H16N4O4/c1-22-14(21)12-6-9(19)7-17(12)8-18-13(20)10-4-2-3-5-11(10)15-16-18/h2-5,9,12,19H,6-8H2,1H3/t9-,12+/m1/s1. The summed E-state index contributed by atoms with van der Waals surface area (Å²) >= 11 is 0. The van der Waals surface area contributed by atoms with Crippen molar-refractivity contribution in [2.24, 2.45) is 0 Å². The zero-order valence-corrected chi connectivity index (χ0v) is 12.0. The van der Waals surface area contributed by atoms with Crippen LogP contribution in [0.1, 0.15) is 6.42 Å². The average Bonchev–Trinajstić information content (AvgIpc) is 2.90. The van der Waals surface area contributed by atoms with Gasteiger partial charge in [-0.05, 0) is 12.1 Å². The van der Waals surface area contributed by atoms with Gasteiger partial charge < -0.3 is 9.84 Å². The number of hydrogen-bond acceptors (Lipinski definition) is 7. The molecule has 2 aromatic rings. The summed E-state index contributed by atoms with van der Waals surface area (Å²) in [5.41, 5.74) is 0.241. The number of benzene rings is 1. The Morgan fingerprint density at radius 1 is 1.45 bits per heavy atom. The predicted molar refractivity (Wildman–Crippen MR) is 76.9 cm³/mol. The molecular formula is C14H16N4O4. The monoisotopic (exact) mass is 304 g/mol. The van der Waals surface area contributed by atoms with E-state index in [1.54, 1.807) is 29.2 Å². The zero-order chi connectivity index (χ0) is 15.7. The molecule has 1 fully saturated rings. The van der Waals surface area contributed by atoms with E-state index < -0.39 is 18.1 Å². The van der Waals surface area contributed by atoms with E-state index in [1.165, 1.54) is 11.8 Å². The van der Waals surface area contributed by atoms with Gasteiger partial charge in [0.15, 0.2) is 0 Å². The van der Waals surface area contributed by atoms with Crippen LogP contribution in [0.2, 0.25) is 0 Å². The number of likely N-dealkylation sites (tertiary alicyclic amines) is 1. The minimum absolute atomic E-state index is 0.0769. The van der Waals surface area contributed by atoms with Crippen LogP contribution in [0.4, 0.5) is 0 Å². The number of aliphatic hydroxyl groups is 1. The first-order chi connectivity index (χ1) is 10.6. The Balaban J connectivity index is 1.91. The van der Waals surface area contributed by atoms with Crippen LogP contribution in [0.15, 0.2) is 29.1 Å². The van der Waals surface area contributed by atoms with Crippen molar-refractivity contribution in [1.29, 1.82) is 0 Å². The lowest BCUT2D eigenvalue weighted by Crippen LogP contribution is -2.41. The van der Waals surface area contributed by atoms with Crippen molar-refractivity contribution in [3.63, 3.8) is 0 Å². The largest absolute Gasteiger partial charge is 0.468 e. The third kappa shape index (κ3) is 2.58. The molecule has 0 spiro atoms. The van der Waals surface area contributed by atoms with Gasteiger partial charge in [-0.2, -0.15) is 4.68 Å². The van der Waals surface area contributed by atoms with Crippen molar-refractivity contribution in [1.82, 2.24) is 19.9 Å². The highest BCUT2D eigenvalue weighted by molar-refractivity contribution is 5.77. The van der Waals surface area contributed by atoms with Crippen molar-refractivity contribution >= 4 is 16.9 Å². The third-order valence-corrected chi connectivity index (χ3v) is 3.80. The van der Waals surface area contributed by atoms with Crippen molar-refractivity contribution < 1.29 is 14.6 Å². The van der Waals surface area contributed by atoms with E-state index in [9.17, 15) is 14.7 Å². The molecule has 8 nitrogen and oxygen atoms in total. The molecule has 1 saturated heterocycles. The fourth-order valence-electron chi connectivity index (χ4n) is 2.70. The van der Waals surface area contributed by atoms with Crippen LogP contribution in [0.3, 0.4) is 0 Å². The average molecular weight is 304 g/mol. The Bertz CT molecular complexity index is 760. The summed E-state index contributed by atoms with van der Waals surface area (Å²) in [7, 11) is 1.30. The molecule has 8 heteroatoms. The van der Waals surface area contributed by atoms with Crippen LogP contribution in [0, 0.1) is 0 Å². The lowest BCUT2D eigenvalue weighted by Gasteiger charge is -2.21. The number of methoxy groups -OCH3 is 1. The fraction of sp³-hybridized carbons (Fsp3) is 0.429. The second-order valence-corrected chi connectivity index (χ2v) is 5.25. The van der Waals surface area contributed by atoms with Crippen LogP contribution in [0.5, 0.6) is 0 Å². The van der Waals surface area contributed by atoms with Gasteiger partial charge in [-0.3, -0.25) is 14.5 Å². The molecule has 116 valence electrons. The van der Waals surface area contributed by atoms with Gasteiger partial charge in [-0.15, -0.1) is 5.10 Å². The first kappa shape index (κ1) is 14.6. The number of esters is 1. The normalized spacial score (nSPS) is 22.1. The quantitative estimate of drug-likeness (QED) is 0.753. The number of ether oxygens (including phenoxy) is 1. The summed E-state index contributed by atoms with van der Waals surface area (Å²) in [5.74, 6) is -0.432. The number of aliphatic hydroxyl groups excluding tert-OH is 1. The molecule has 0 amide bonds. The summed E-state index contributed by atoms with van der Waals surface area (Å²) in [4.78, 5) is 25.8. The number of fused-ring (bicyclic) bond motifs is 1. The molecule has 2 atom stereocenters. The molecular weight excluding hydrogens is 288 g/mol. The SMILES string of the molecule is COC(=O)[C@@H]1C[C@@H](O)CN1Cn1nnc2ccccc2c1=O. The van der Waals surface area contributed by atoms with Crippen molar-refractivity contribution in [2.75, 3.05) is 13.7 Å². The summed E-state index contributed by atoms with van der Waals surface area (Å²) in [6.45, 7) is 0.355. The molecule has 2 heterocycles. The topological polar surface area (TPSA) is 97.6 Å². The van der Waals surface area contributed by atoms with Crippen LogP contribution in [0.25, 0.3) is 10.9 Å². The second-order valence-electron chi connectivity index (χ2n) is 5.25. The van der Waals surface area contributed by atoms with E-state index in [1.807, 2.05) is 0 Å². The molecule has 1 aliphatic rings. The Labute approximate surface area is 125 Å². The van der Waals surface area contributed by atoms with Crippen LogP contribution in [-0.2, 0) is 16.2 Å². The number of carbonyl (C=O) groups excluding carboxylic acids is 1. The number of rotatable bonds is 3. The van der Waals surface area contributed by atoms with Crippen LogP contribution < -0.4 is 5.56 Å².